The molecule has 174 valence electrons. The largest absolute Gasteiger partial charge is 0.507 e. The molecule has 4 rings (SSSR count). The number of rotatable bonds is 3. The SMILES string of the molecule is Cc1ccc2c(N3CCN(C(=O)C(C)(O)C(F)(F)F)CC3)nc(-c3ccccc3O)nc2c1. The summed E-state index contributed by atoms with van der Waals surface area (Å²) in [5, 5.41) is 20.8. The second-order valence-corrected chi connectivity index (χ2v) is 8.26. The van der Waals surface area contributed by atoms with Crippen molar-refractivity contribution in [3.05, 3.63) is 48.0 Å². The van der Waals surface area contributed by atoms with Crippen molar-refractivity contribution >= 4 is 22.6 Å². The van der Waals surface area contributed by atoms with Gasteiger partial charge in [0.2, 0.25) is 5.60 Å². The number of carbonyl (C=O) groups is 1. The van der Waals surface area contributed by atoms with E-state index in [-0.39, 0.29) is 31.9 Å². The van der Waals surface area contributed by atoms with Gasteiger partial charge in [-0.15, -0.1) is 0 Å². The first-order valence-electron chi connectivity index (χ1n) is 10.4. The highest BCUT2D eigenvalue weighted by Crippen LogP contribution is 2.34. The molecule has 0 saturated carbocycles. The molecule has 1 aromatic heterocycles. The van der Waals surface area contributed by atoms with Crippen LogP contribution >= 0.6 is 0 Å². The molecule has 2 N–H and O–H groups in total. The highest BCUT2D eigenvalue weighted by Gasteiger charge is 2.57. The van der Waals surface area contributed by atoms with Crippen LogP contribution in [0.2, 0.25) is 0 Å². The number of aryl methyl sites for hydroxylation is 1. The first kappa shape index (κ1) is 22.8. The molecule has 1 unspecified atom stereocenters. The van der Waals surface area contributed by atoms with E-state index in [1.165, 1.54) is 6.07 Å². The Balaban J connectivity index is 1.67. The number of halogens is 3. The average molecular weight is 460 g/mol. The molecule has 7 nitrogen and oxygen atoms in total. The van der Waals surface area contributed by atoms with Gasteiger partial charge in [-0.2, -0.15) is 13.2 Å². The molecule has 1 amide bonds. The lowest BCUT2D eigenvalue weighted by Gasteiger charge is -2.39. The topological polar surface area (TPSA) is 89.8 Å². The van der Waals surface area contributed by atoms with Crippen molar-refractivity contribution in [3.8, 4) is 17.1 Å². The van der Waals surface area contributed by atoms with Gasteiger partial charge in [0.1, 0.15) is 11.6 Å². The molecule has 1 aliphatic rings. The van der Waals surface area contributed by atoms with E-state index in [4.69, 9.17) is 0 Å². The molecule has 1 fully saturated rings. The highest BCUT2D eigenvalue weighted by atomic mass is 19.4. The molecule has 33 heavy (non-hydrogen) atoms. The first-order chi connectivity index (χ1) is 15.5. The average Bonchev–Trinajstić information content (AvgIpc) is 2.77. The van der Waals surface area contributed by atoms with E-state index in [1.54, 1.807) is 18.2 Å². The smallest absolute Gasteiger partial charge is 0.426 e. The normalized spacial score (nSPS) is 16.7. The van der Waals surface area contributed by atoms with Crippen LogP contribution < -0.4 is 4.90 Å². The highest BCUT2D eigenvalue weighted by molar-refractivity contribution is 5.92. The number of alkyl halides is 3. The molecule has 1 aliphatic heterocycles. The molecule has 2 heterocycles. The summed E-state index contributed by atoms with van der Waals surface area (Å²) in [6, 6.07) is 12.4. The number of benzene rings is 2. The number of hydrogen-bond donors (Lipinski definition) is 2. The van der Waals surface area contributed by atoms with Gasteiger partial charge in [-0.1, -0.05) is 18.2 Å². The monoisotopic (exact) mass is 460 g/mol. The van der Waals surface area contributed by atoms with Crippen LogP contribution in [0.3, 0.4) is 0 Å². The molecule has 2 aromatic carbocycles. The quantitative estimate of drug-likeness (QED) is 0.624. The molecule has 0 aliphatic carbocycles. The van der Waals surface area contributed by atoms with Gasteiger partial charge in [0, 0.05) is 31.6 Å². The van der Waals surface area contributed by atoms with Crippen molar-refractivity contribution in [2.75, 3.05) is 31.1 Å². The van der Waals surface area contributed by atoms with E-state index in [1.807, 2.05) is 30.0 Å². The van der Waals surface area contributed by atoms with E-state index in [9.17, 15) is 28.2 Å². The zero-order valence-corrected chi connectivity index (χ0v) is 18.1. The van der Waals surface area contributed by atoms with Gasteiger partial charge in [0.25, 0.3) is 5.91 Å². The third-order valence-corrected chi connectivity index (χ3v) is 5.81. The van der Waals surface area contributed by atoms with Crippen molar-refractivity contribution in [1.29, 1.82) is 0 Å². The standard InChI is InChI=1S/C23H23F3N4O3/c1-14-7-8-15-17(13-14)27-19(16-5-3-4-6-18(16)31)28-20(15)29-9-11-30(12-10-29)21(32)22(2,33)23(24,25)26/h3-8,13,31,33H,9-12H2,1-2H3. The molecule has 1 saturated heterocycles. The lowest BCUT2D eigenvalue weighted by Crippen LogP contribution is -2.60. The number of para-hydroxylation sites is 1. The number of aromatic hydroxyl groups is 1. The van der Waals surface area contributed by atoms with Crippen molar-refractivity contribution in [2.45, 2.75) is 25.6 Å². The maximum absolute atomic E-state index is 13.1. The number of hydrogen-bond acceptors (Lipinski definition) is 6. The maximum Gasteiger partial charge on any atom is 0.426 e. The number of nitrogens with zero attached hydrogens (tertiary/aromatic N) is 4. The number of aliphatic hydroxyl groups is 1. The fraction of sp³-hybridized carbons (Fsp3) is 0.348. The van der Waals surface area contributed by atoms with Crippen LogP contribution in [0.25, 0.3) is 22.3 Å². The third kappa shape index (κ3) is 4.18. The predicted octanol–water partition coefficient (Wildman–Crippen LogP) is 3.27. The zero-order chi connectivity index (χ0) is 24.0. The minimum atomic E-state index is -5.06. The van der Waals surface area contributed by atoms with Crippen LogP contribution in [0, 0.1) is 6.92 Å². The van der Waals surface area contributed by atoms with Crippen LogP contribution in [-0.4, -0.2) is 68.9 Å². The van der Waals surface area contributed by atoms with Crippen LogP contribution in [0.15, 0.2) is 42.5 Å². The number of phenols is 1. The minimum absolute atomic E-state index is 0.00561. The summed E-state index contributed by atoms with van der Waals surface area (Å²) < 4.78 is 39.2. The van der Waals surface area contributed by atoms with Crippen molar-refractivity contribution in [1.82, 2.24) is 14.9 Å². The number of aromatic nitrogens is 2. The van der Waals surface area contributed by atoms with Gasteiger partial charge in [0.15, 0.2) is 5.82 Å². The van der Waals surface area contributed by atoms with Crippen LogP contribution in [0.4, 0.5) is 19.0 Å². The molecular formula is C23H23F3N4O3. The molecular weight excluding hydrogens is 437 g/mol. The van der Waals surface area contributed by atoms with E-state index in [0.717, 1.165) is 15.8 Å². The first-order valence-corrected chi connectivity index (χ1v) is 10.4. The van der Waals surface area contributed by atoms with Crippen LogP contribution in [-0.2, 0) is 4.79 Å². The van der Waals surface area contributed by atoms with Crippen molar-refractivity contribution in [3.63, 3.8) is 0 Å². The molecule has 1 atom stereocenters. The lowest BCUT2D eigenvalue weighted by atomic mass is 10.0. The number of amides is 1. The Labute approximate surface area is 188 Å². The van der Waals surface area contributed by atoms with Crippen LogP contribution in [0.1, 0.15) is 12.5 Å². The van der Waals surface area contributed by atoms with Crippen LogP contribution in [0.5, 0.6) is 5.75 Å². The Hall–Kier alpha value is -3.40. The van der Waals surface area contributed by atoms with Gasteiger partial charge >= 0.3 is 6.18 Å². The lowest BCUT2D eigenvalue weighted by molar-refractivity contribution is -0.250. The number of anilines is 1. The third-order valence-electron chi connectivity index (χ3n) is 5.81. The van der Waals surface area contributed by atoms with E-state index < -0.39 is 17.7 Å². The Morgan fingerprint density at radius 1 is 1.03 bits per heavy atom. The van der Waals surface area contributed by atoms with Crippen molar-refractivity contribution < 1.29 is 28.2 Å². The van der Waals surface area contributed by atoms with E-state index >= 15 is 0 Å². The molecule has 10 heteroatoms. The van der Waals surface area contributed by atoms with Gasteiger partial charge < -0.3 is 20.0 Å². The van der Waals surface area contributed by atoms with Gasteiger partial charge in [-0.25, -0.2) is 9.97 Å². The van der Waals surface area contributed by atoms with Gasteiger partial charge in [-0.3, -0.25) is 4.79 Å². The van der Waals surface area contributed by atoms with E-state index in [2.05, 4.69) is 9.97 Å². The summed E-state index contributed by atoms with van der Waals surface area (Å²) in [6.45, 7) is 2.83. The minimum Gasteiger partial charge on any atom is -0.507 e. The summed E-state index contributed by atoms with van der Waals surface area (Å²) in [5.74, 6) is -0.458. The Morgan fingerprint density at radius 2 is 1.70 bits per heavy atom. The zero-order valence-electron chi connectivity index (χ0n) is 18.1. The molecule has 0 spiro atoms. The predicted molar refractivity (Wildman–Crippen MR) is 117 cm³/mol. The van der Waals surface area contributed by atoms with Gasteiger partial charge in [0.05, 0.1) is 11.1 Å². The second kappa shape index (κ2) is 8.18. The Bertz CT molecular complexity index is 1210. The summed E-state index contributed by atoms with van der Waals surface area (Å²) in [7, 11) is 0. The molecule has 0 radical (unpaired) electrons. The summed E-state index contributed by atoms with van der Waals surface area (Å²) in [6.07, 6.45) is -5.06. The molecule has 0 bridgehead atoms. The van der Waals surface area contributed by atoms with E-state index in [0.29, 0.717) is 29.6 Å². The number of fused-ring (bicyclic) bond motifs is 1. The number of phenolic OH excluding ortho intramolecular Hbond substituents is 1. The summed E-state index contributed by atoms with van der Waals surface area (Å²) >= 11 is 0. The number of carbonyl (C=O) groups excluding carboxylic acids is 1. The summed E-state index contributed by atoms with van der Waals surface area (Å²) in [5.41, 5.74) is -1.33. The second-order valence-electron chi connectivity index (χ2n) is 8.26. The fourth-order valence-corrected chi connectivity index (χ4v) is 3.80. The van der Waals surface area contributed by atoms with Crippen molar-refractivity contribution in [2.24, 2.45) is 0 Å². The number of piperazine rings is 1. The maximum atomic E-state index is 13.1. The summed E-state index contributed by atoms with van der Waals surface area (Å²) in [4.78, 5) is 24.5. The molecule has 3 aromatic rings. The Kier molecular flexibility index (Phi) is 5.65. The van der Waals surface area contributed by atoms with Gasteiger partial charge in [-0.05, 0) is 43.7 Å². The fourth-order valence-electron chi connectivity index (χ4n) is 3.80. The Morgan fingerprint density at radius 3 is 2.33 bits per heavy atom.